The number of fused-ring (bicyclic) bond motifs is 1. The molecule has 1 aliphatic rings. The van der Waals surface area contributed by atoms with Gasteiger partial charge in [0.1, 0.15) is 5.69 Å². The van der Waals surface area contributed by atoms with Crippen LogP contribution < -0.4 is 10.6 Å². The van der Waals surface area contributed by atoms with Gasteiger partial charge >= 0.3 is 0 Å². The highest BCUT2D eigenvalue weighted by atomic mass is 16.5. The van der Waals surface area contributed by atoms with Crippen LogP contribution in [0.4, 0.5) is 0 Å². The molecular formula is C25H34N4O3. The first-order valence-electron chi connectivity index (χ1n) is 11.0. The summed E-state index contributed by atoms with van der Waals surface area (Å²) in [5, 5.41) is 5.87. The van der Waals surface area contributed by atoms with Crippen LogP contribution in [0.1, 0.15) is 54.5 Å². The number of pyridine rings is 1. The fraction of sp³-hybridized carbons (Fsp3) is 0.320. The minimum Gasteiger partial charge on any atom is -0.373 e. The van der Waals surface area contributed by atoms with Gasteiger partial charge in [0.2, 0.25) is 0 Å². The Morgan fingerprint density at radius 3 is 2.59 bits per heavy atom. The molecule has 1 aliphatic heterocycles. The second kappa shape index (κ2) is 11.8. The number of aromatic nitrogens is 2. The fourth-order valence-electron chi connectivity index (χ4n) is 3.52. The molecule has 3 aromatic rings. The first-order valence-corrected chi connectivity index (χ1v) is 11.0. The third-order valence-corrected chi connectivity index (χ3v) is 5.07. The third-order valence-electron chi connectivity index (χ3n) is 5.07. The Labute approximate surface area is 191 Å². The molecule has 7 nitrogen and oxygen atoms in total. The van der Waals surface area contributed by atoms with Crippen LogP contribution in [-0.4, -0.2) is 34.5 Å². The molecule has 2 aromatic heterocycles. The van der Waals surface area contributed by atoms with Crippen LogP contribution >= 0.6 is 0 Å². The van der Waals surface area contributed by atoms with E-state index < -0.39 is 0 Å². The average molecular weight is 439 g/mol. The van der Waals surface area contributed by atoms with Crippen molar-refractivity contribution in [2.75, 3.05) is 13.2 Å². The van der Waals surface area contributed by atoms with E-state index in [-0.39, 0.29) is 14.7 Å². The average Bonchev–Trinajstić information content (AvgIpc) is 3.25. The van der Waals surface area contributed by atoms with E-state index in [0.717, 1.165) is 17.0 Å². The minimum atomic E-state index is -0.208. The van der Waals surface area contributed by atoms with Gasteiger partial charge in [0.05, 0.1) is 24.5 Å². The van der Waals surface area contributed by atoms with Gasteiger partial charge in [0.15, 0.2) is 0 Å². The molecule has 0 fully saturated rings. The number of carbonyl (C=O) groups is 2. The van der Waals surface area contributed by atoms with Gasteiger partial charge < -0.3 is 19.9 Å². The molecule has 0 bridgehead atoms. The highest BCUT2D eigenvalue weighted by Gasteiger charge is 2.25. The number of nitrogens with zero attached hydrogens (tertiary/aromatic N) is 2. The van der Waals surface area contributed by atoms with Crippen LogP contribution in [0.15, 0.2) is 60.8 Å². The van der Waals surface area contributed by atoms with Crippen molar-refractivity contribution in [3.63, 3.8) is 0 Å². The van der Waals surface area contributed by atoms with E-state index in [1.54, 1.807) is 12.3 Å². The summed E-state index contributed by atoms with van der Waals surface area (Å²) in [5.74, 6) is -0.406. The summed E-state index contributed by atoms with van der Waals surface area (Å²) in [6.07, 6.45) is 2.38. The van der Waals surface area contributed by atoms with Crippen LogP contribution in [0, 0.1) is 0 Å². The summed E-state index contributed by atoms with van der Waals surface area (Å²) in [7, 11) is 0. The molecule has 0 unspecified atom stereocenters. The van der Waals surface area contributed by atoms with Crippen molar-refractivity contribution >= 4 is 11.8 Å². The predicted octanol–water partition coefficient (Wildman–Crippen LogP) is 3.83. The highest BCUT2D eigenvalue weighted by Crippen LogP contribution is 2.21. The number of amides is 2. The molecule has 7 heteroatoms. The van der Waals surface area contributed by atoms with Crippen LogP contribution in [0.25, 0.3) is 0 Å². The SMILES string of the molecule is CC.O=C(NCc1ccccc1)c1cc(C(=O)NCCc2ccccn2)n2c1COCC2.[HH].[HH]. The Morgan fingerprint density at radius 2 is 1.84 bits per heavy atom. The normalized spacial score (nSPS) is 12.2. The lowest BCUT2D eigenvalue weighted by molar-refractivity contribution is 0.0779. The maximum Gasteiger partial charge on any atom is 0.267 e. The number of ether oxygens (including phenoxy) is 1. The van der Waals surface area contributed by atoms with E-state index in [0.29, 0.717) is 50.5 Å². The molecule has 2 N–H and O–H groups in total. The number of hydrogen-bond acceptors (Lipinski definition) is 4. The number of rotatable bonds is 7. The van der Waals surface area contributed by atoms with E-state index in [9.17, 15) is 9.59 Å². The summed E-state index contributed by atoms with van der Waals surface area (Å²) in [5.41, 5.74) is 3.65. The Kier molecular flexibility index (Phi) is 8.57. The number of hydrogen-bond donors (Lipinski definition) is 2. The molecule has 3 heterocycles. The van der Waals surface area contributed by atoms with Crippen molar-refractivity contribution in [3.05, 3.63) is 89.0 Å². The van der Waals surface area contributed by atoms with Crippen molar-refractivity contribution in [2.45, 2.75) is 40.0 Å². The van der Waals surface area contributed by atoms with Gasteiger partial charge in [-0.2, -0.15) is 0 Å². The molecular weight excluding hydrogens is 404 g/mol. The quantitative estimate of drug-likeness (QED) is 0.587. The standard InChI is InChI=1S/C23H24N4O3.C2H6.2H2/c28-22(26-15-17-6-2-1-3-7-17)19-14-20(27-12-13-30-16-21(19)27)23(29)25-11-9-18-8-4-5-10-24-18;1-2;;/h1-8,10,14H,9,11-13,15-16H2,(H,25,29)(H,26,28);1-2H3;2*1H. The summed E-state index contributed by atoms with van der Waals surface area (Å²) in [6, 6.07) is 17.1. The lowest BCUT2D eigenvalue weighted by atomic mass is 10.2. The maximum atomic E-state index is 12.8. The van der Waals surface area contributed by atoms with Gasteiger partial charge in [-0.1, -0.05) is 50.2 Å². The fourth-order valence-corrected chi connectivity index (χ4v) is 3.52. The zero-order valence-electron chi connectivity index (χ0n) is 18.6. The third kappa shape index (κ3) is 5.82. The molecule has 172 valence electrons. The smallest absolute Gasteiger partial charge is 0.267 e. The predicted molar refractivity (Wildman–Crippen MR) is 128 cm³/mol. The molecule has 0 spiro atoms. The van der Waals surface area contributed by atoms with Crippen LogP contribution in [0.3, 0.4) is 0 Å². The lowest BCUT2D eigenvalue weighted by Crippen LogP contribution is -2.30. The van der Waals surface area contributed by atoms with E-state index in [1.807, 2.05) is 66.9 Å². The van der Waals surface area contributed by atoms with Crippen molar-refractivity contribution in [1.82, 2.24) is 20.2 Å². The molecule has 0 atom stereocenters. The van der Waals surface area contributed by atoms with Gasteiger partial charge in [-0.3, -0.25) is 14.6 Å². The summed E-state index contributed by atoms with van der Waals surface area (Å²) < 4.78 is 7.43. The van der Waals surface area contributed by atoms with Crippen molar-refractivity contribution in [2.24, 2.45) is 0 Å². The lowest BCUT2D eigenvalue weighted by Gasteiger charge is -2.19. The van der Waals surface area contributed by atoms with Gasteiger partial charge in [-0.25, -0.2) is 0 Å². The Balaban J connectivity index is 0.00000141. The Bertz CT molecular complexity index is 1030. The molecule has 1 aromatic carbocycles. The minimum absolute atomic E-state index is 0. The zero-order valence-corrected chi connectivity index (χ0v) is 18.6. The molecule has 0 radical (unpaired) electrons. The van der Waals surface area contributed by atoms with Gasteiger partial charge in [0.25, 0.3) is 11.8 Å². The van der Waals surface area contributed by atoms with E-state index in [1.165, 1.54) is 0 Å². The molecule has 4 rings (SSSR count). The van der Waals surface area contributed by atoms with Gasteiger partial charge in [-0.05, 0) is 23.8 Å². The number of nitrogens with one attached hydrogen (secondary N) is 2. The van der Waals surface area contributed by atoms with Crippen molar-refractivity contribution < 1.29 is 17.2 Å². The Hall–Kier alpha value is -3.45. The topological polar surface area (TPSA) is 85.3 Å². The largest absolute Gasteiger partial charge is 0.373 e. The summed E-state index contributed by atoms with van der Waals surface area (Å²) >= 11 is 0. The van der Waals surface area contributed by atoms with Crippen LogP contribution in [0.5, 0.6) is 0 Å². The van der Waals surface area contributed by atoms with Crippen LogP contribution in [0.2, 0.25) is 0 Å². The Morgan fingerprint density at radius 1 is 1.06 bits per heavy atom. The molecule has 0 aliphatic carbocycles. The first-order chi connectivity index (χ1) is 15.7. The van der Waals surface area contributed by atoms with Crippen molar-refractivity contribution in [1.29, 1.82) is 0 Å². The number of benzene rings is 1. The molecule has 2 amide bonds. The second-order valence-electron chi connectivity index (χ2n) is 7.09. The van der Waals surface area contributed by atoms with E-state index in [2.05, 4.69) is 15.6 Å². The first kappa shape index (κ1) is 23.2. The summed E-state index contributed by atoms with van der Waals surface area (Å²) in [6.45, 7) is 6.28. The molecule has 0 saturated heterocycles. The van der Waals surface area contributed by atoms with E-state index in [4.69, 9.17) is 4.74 Å². The number of carbonyl (C=O) groups excluding carboxylic acids is 2. The molecule has 0 saturated carbocycles. The van der Waals surface area contributed by atoms with Crippen molar-refractivity contribution in [3.8, 4) is 0 Å². The zero-order chi connectivity index (χ0) is 22.8. The van der Waals surface area contributed by atoms with Gasteiger partial charge in [-0.15, -0.1) is 0 Å². The molecule has 32 heavy (non-hydrogen) atoms. The second-order valence-corrected chi connectivity index (χ2v) is 7.09. The van der Waals surface area contributed by atoms with Crippen LogP contribution in [-0.2, 0) is 30.9 Å². The van der Waals surface area contributed by atoms with Gasteiger partial charge in [0, 0.05) is 40.8 Å². The highest BCUT2D eigenvalue weighted by molar-refractivity contribution is 6.00. The van der Waals surface area contributed by atoms with E-state index >= 15 is 0 Å². The summed E-state index contributed by atoms with van der Waals surface area (Å²) in [4.78, 5) is 29.9. The monoisotopic (exact) mass is 438 g/mol. The maximum absolute atomic E-state index is 12.8.